The molecule has 3 aromatic carbocycles. The van der Waals surface area contributed by atoms with Crippen molar-refractivity contribution < 1.29 is 18.6 Å². The predicted molar refractivity (Wildman–Crippen MR) is 152 cm³/mol. The molecule has 38 heavy (non-hydrogen) atoms. The summed E-state index contributed by atoms with van der Waals surface area (Å²) in [5, 5.41) is 9.39. The number of aliphatic hydroxyl groups excluding tert-OH is 1. The number of methoxy groups -OCH3 is 1. The lowest BCUT2D eigenvalue weighted by atomic mass is 9.73. The fourth-order valence-electron chi connectivity index (χ4n) is 6.13. The molecular weight excluding hydrogens is 478 g/mol. The van der Waals surface area contributed by atoms with E-state index >= 15 is 8.78 Å². The Hall–Kier alpha value is -2.56. The summed E-state index contributed by atoms with van der Waals surface area (Å²) in [5.41, 5.74) is 4.66. The minimum absolute atomic E-state index is 0.188. The summed E-state index contributed by atoms with van der Waals surface area (Å²) in [6.45, 7) is 3.06. The summed E-state index contributed by atoms with van der Waals surface area (Å²) in [5.74, 6) is 0.617. The highest BCUT2D eigenvalue weighted by atomic mass is 19.1. The van der Waals surface area contributed by atoms with E-state index in [1.54, 1.807) is 25.3 Å². The summed E-state index contributed by atoms with van der Waals surface area (Å²) < 4.78 is 35.8. The van der Waals surface area contributed by atoms with Crippen LogP contribution in [0.2, 0.25) is 0 Å². The van der Waals surface area contributed by atoms with Gasteiger partial charge < -0.3 is 9.84 Å². The first-order valence-corrected chi connectivity index (χ1v) is 14.3. The van der Waals surface area contributed by atoms with Crippen LogP contribution in [-0.2, 0) is 11.2 Å². The first-order chi connectivity index (χ1) is 18.5. The zero-order valence-electron chi connectivity index (χ0n) is 22.9. The summed E-state index contributed by atoms with van der Waals surface area (Å²) in [6.07, 6.45) is 9.55. The topological polar surface area (TPSA) is 29.5 Å². The van der Waals surface area contributed by atoms with Crippen LogP contribution in [0.15, 0.2) is 60.7 Å². The Balaban J connectivity index is 1.42. The van der Waals surface area contributed by atoms with Crippen LogP contribution in [0.5, 0.6) is 0 Å². The van der Waals surface area contributed by atoms with Crippen molar-refractivity contribution in [3.05, 3.63) is 83.4 Å². The van der Waals surface area contributed by atoms with Crippen molar-refractivity contribution >= 4 is 0 Å². The van der Waals surface area contributed by atoms with E-state index in [2.05, 4.69) is 19.1 Å². The third-order valence-electron chi connectivity index (χ3n) is 8.40. The van der Waals surface area contributed by atoms with Gasteiger partial charge in [-0.15, -0.1) is 0 Å². The Bertz CT molecular complexity index is 1140. The van der Waals surface area contributed by atoms with E-state index in [-0.39, 0.29) is 18.2 Å². The molecule has 3 aromatic rings. The van der Waals surface area contributed by atoms with Crippen molar-refractivity contribution in [2.24, 2.45) is 11.8 Å². The molecule has 4 rings (SSSR count). The zero-order valence-corrected chi connectivity index (χ0v) is 22.9. The molecular formula is C34H42F2O2. The standard InChI is InChI=1S/C34H42F2O2/c1-3-4-5-6-24-7-9-27(10-8-24)31-18-16-29(22-34(31)36)32-17-15-28(21-33(32)35)25-11-13-26(14-12-25)30(19-20-37)23-38-2/h7-10,15-18,21-22,25-26,30,37H,3-6,11-14,19-20,23H2,1-2H3. The van der Waals surface area contributed by atoms with Crippen molar-refractivity contribution in [1.82, 2.24) is 0 Å². The highest BCUT2D eigenvalue weighted by Gasteiger charge is 2.28. The van der Waals surface area contributed by atoms with Crippen molar-refractivity contribution in [1.29, 1.82) is 0 Å². The molecule has 0 radical (unpaired) electrons. The maximum Gasteiger partial charge on any atom is 0.131 e. The molecule has 204 valence electrons. The van der Waals surface area contributed by atoms with Crippen molar-refractivity contribution in [2.45, 2.75) is 70.6 Å². The molecule has 0 amide bonds. The van der Waals surface area contributed by atoms with E-state index < -0.39 is 0 Å². The zero-order chi connectivity index (χ0) is 26.9. The Morgan fingerprint density at radius 3 is 2.13 bits per heavy atom. The first-order valence-electron chi connectivity index (χ1n) is 14.3. The Morgan fingerprint density at radius 2 is 1.50 bits per heavy atom. The highest BCUT2D eigenvalue weighted by molar-refractivity contribution is 5.71. The molecule has 1 aliphatic rings. The van der Waals surface area contributed by atoms with Crippen molar-refractivity contribution in [3.8, 4) is 22.3 Å². The molecule has 0 saturated heterocycles. The fourth-order valence-corrected chi connectivity index (χ4v) is 6.13. The first kappa shape index (κ1) is 28.4. The number of aliphatic hydroxyl groups is 1. The number of halogens is 2. The number of aryl methyl sites for hydroxylation is 1. The normalized spacial score (nSPS) is 18.4. The van der Waals surface area contributed by atoms with Crippen molar-refractivity contribution in [3.63, 3.8) is 0 Å². The molecule has 2 nitrogen and oxygen atoms in total. The van der Waals surface area contributed by atoms with Gasteiger partial charge in [0.25, 0.3) is 0 Å². The second kappa shape index (κ2) is 14.0. The molecule has 1 fully saturated rings. The van der Waals surface area contributed by atoms with Crippen LogP contribution in [-0.4, -0.2) is 25.4 Å². The number of hydrogen-bond donors (Lipinski definition) is 1. The molecule has 1 saturated carbocycles. The minimum Gasteiger partial charge on any atom is -0.396 e. The van der Waals surface area contributed by atoms with Gasteiger partial charge in [0.05, 0.1) is 0 Å². The third-order valence-corrected chi connectivity index (χ3v) is 8.40. The SMILES string of the molecule is CCCCCc1ccc(-c2ccc(-c3ccc(C4CCC(C(CCO)COC)CC4)cc3F)cc2F)cc1. The molecule has 0 bridgehead atoms. The van der Waals surface area contributed by atoms with Crippen LogP contribution in [0.4, 0.5) is 8.78 Å². The van der Waals surface area contributed by atoms with Gasteiger partial charge in [-0.1, -0.05) is 68.3 Å². The van der Waals surface area contributed by atoms with Gasteiger partial charge in [0.15, 0.2) is 0 Å². The summed E-state index contributed by atoms with van der Waals surface area (Å²) in [6, 6.07) is 18.6. The molecule has 1 atom stereocenters. The maximum absolute atomic E-state index is 15.3. The largest absolute Gasteiger partial charge is 0.396 e. The van der Waals surface area contributed by atoms with Gasteiger partial charge >= 0.3 is 0 Å². The van der Waals surface area contributed by atoms with E-state index in [1.807, 2.05) is 24.3 Å². The number of benzene rings is 3. The predicted octanol–water partition coefficient (Wildman–Crippen LogP) is 8.95. The second-order valence-electron chi connectivity index (χ2n) is 10.9. The number of unbranched alkanes of at least 4 members (excludes halogenated alkanes) is 2. The van der Waals surface area contributed by atoms with Gasteiger partial charge in [-0.3, -0.25) is 0 Å². The molecule has 0 aliphatic heterocycles. The lowest BCUT2D eigenvalue weighted by Gasteiger charge is -2.33. The van der Waals surface area contributed by atoms with Gasteiger partial charge in [0, 0.05) is 31.5 Å². The maximum atomic E-state index is 15.3. The monoisotopic (exact) mass is 520 g/mol. The molecule has 1 N–H and O–H groups in total. The van der Waals surface area contributed by atoms with Gasteiger partial charge in [-0.25, -0.2) is 8.78 Å². The van der Waals surface area contributed by atoms with Crippen LogP contribution in [0.25, 0.3) is 22.3 Å². The van der Waals surface area contributed by atoms with Crippen LogP contribution in [0, 0.1) is 23.5 Å². The smallest absolute Gasteiger partial charge is 0.131 e. The molecule has 1 unspecified atom stereocenters. The Labute approximate surface area is 227 Å². The highest BCUT2D eigenvalue weighted by Crippen LogP contribution is 2.41. The number of hydrogen-bond acceptors (Lipinski definition) is 2. The van der Waals surface area contributed by atoms with E-state index in [9.17, 15) is 5.11 Å². The fraction of sp³-hybridized carbons (Fsp3) is 0.471. The summed E-state index contributed by atoms with van der Waals surface area (Å²) in [7, 11) is 1.71. The summed E-state index contributed by atoms with van der Waals surface area (Å²) in [4.78, 5) is 0. The van der Waals surface area contributed by atoms with Gasteiger partial charge in [0.1, 0.15) is 11.6 Å². The molecule has 0 aromatic heterocycles. The van der Waals surface area contributed by atoms with E-state index in [0.29, 0.717) is 41.1 Å². The number of ether oxygens (including phenoxy) is 1. The van der Waals surface area contributed by atoms with Gasteiger partial charge in [0.2, 0.25) is 0 Å². The Morgan fingerprint density at radius 1 is 0.842 bits per heavy atom. The molecule has 0 spiro atoms. The second-order valence-corrected chi connectivity index (χ2v) is 10.9. The van der Waals surface area contributed by atoms with E-state index in [0.717, 1.165) is 49.7 Å². The third kappa shape index (κ3) is 7.09. The molecule has 4 heteroatoms. The lowest BCUT2D eigenvalue weighted by Crippen LogP contribution is -2.25. The minimum atomic E-state index is -0.337. The lowest BCUT2D eigenvalue weighted by molar-refractivity contribution is 0.0826. The van der Waals surface area contributed by atoms with E-state index in [4.69, 9.17) is 4.74 Å². The van der Waals surface area contributed by atoms with Crippen LogP contribution in [0.1, 0.15) is 75.3 Å². The van der Waals surface area contributed by atoms with Gasteiger partial charge in [-0.05, 0) is 97.1 Å². The number of rotatable bonds is 12. The van der Waals surface area contributed by atoms with E-state index in [1.165, 1.54) is 30.9 Å². The quantitative estimate of drug-likeness (QED) is 0.242. The van der Waals surface area contributed by atoms with Crippen molar-refractivity contribution in [2.75, 3.05) is 20.3 Å². The van der Waals surface area contributed by atoms with Crippen LogP contribution >= 0.6 is 0 Å². The molecule has 1 aliphatic carbocycles. The van der Waals surface area contributed by atoms with Crippen LogP contribution < -0.4 is 0 Å². The molecule has 0 heterocycles. The average molecular weight is 521 g/mol. The van der Waals surface area contributed by atoms with Gasteiger partial charge in [-0.2, -0.15) is 0 Å². The Kier molecular flexibility index (Phi) is 10.5. The van der Waals surface area contributed by atoms with Crippen LogP contribution in [0.3, 0.4) is 0 Å². The summed E-state index contributed by atoms with van der Waals surface area (Å²) >= 11 is 0. The average Bonchev–Trinajstić information content (AvgIpc) is 2.93.